The number of aromatic nitrogens is 3. The molecule has 21 heteroatoms. The van der Waals surface area contributed by atoms with Gasteiger partial charge in [-0.05, 0) is 90.6 Å². The smallest absolute Gasteiger partial charge is 0.243 e. The van der Waals surface area contributed by atoms with Gasteiger partial charge < -0.3 is 53.2 Å². The van der Waals surface area contributed by atoms with Gasteiger partial charge in [-0.3, -0.25) is 43.0 Å². The van der Waals surface area contributed by atoms with Crippen LogP contribution < -0.4 is 43.0 Å². The molecule has 2 bridgehead atoms. The topological polar surface area (TPSA) is 318 Å². The van der Waals surface area contributed by atoms with E-state index in [4.69, 9.17) is 5.73 Å². The third-order valence-electron chi connectivity index (χ3n) is 12.8. The largest absolute Gasteiger partial charge is 0.508 e. The summed E-state index contributed by atoms with van der Waals surface area (Å²) < 4.78 is 1.53. The standard InChI is InChI=1S/C52H65N11O10/c1-5-44(66)55-43-27-35-28-63(62-61-35)23-9-8-12-39(46(53)67)56-48(69)40(24-31-13-19-36(64)20-14-31)57-47(68)30(4)54-52(73)45(29(2)3)60-51(72)41(25-32-15-21-37(65)22-16-32)58-49(70)42(59-50(43)71)26-34-18-17-33-10-6-7-11-38(33)34/h6-7,10-11,13-16,18-22,28-30,39-43,45,64-65H,5,8-9,12,17,23-27H2,1-4H3,(H2,53,67)(H,54,73)(H,55,66)(H,56,69)(H,57,68)(H,58,70)(H,59,71)(H,60,72)/t30-,39+,40-,41-,42-,43+,45-/m1/s1. The van der Waals surface area contributed by atoms with E-state index in [1.807, 2.05) is 30.3 Å². The highest BCUT2D eigenvalue weighted by Crippen LogP contribution is 2.31. The lowest BCUT2D eigenvalue weighted by atomic mass is 9.97. The summed E-state index contributed by atoms with van der Waals surface area (Å²) in [6.07, 6.45) is 4.84. The molecule has 73 heavy (non-hydrogen) atoms. The molecule has 1 aliphatic carbocycles. The number of fused-ring (bicyclic) bond motifs is 3. The Kier molecular flexibility index (Phi) is 18.8. The number of nitrogens with two attached hydrogens (primary N) is 1. The molecule has 2 heterocycles. The Morgan fingerprint density at radius 1 is 0.726 bits per heavy atom. The number of rotatable bonds is 10. The van der Waals surface area contributed by atoms with Gasteiger partial charge in [0.05, 0.1) is 5.69 Å². The van der Waals surface area contributed by atoms with Crippen LogP contribution in [0.3, 0.4) is 0 Å². The lowest BCUT2D eigenvalue weighted by Crippen LogP contribution is -2.61. The number of phenolic OH excluding ortho intramolecular Hbond substituents is 2. The molecule has 8 amide bonds. The van der Waals surface area contributed by atoms with E-state index in [9.17, 15) is 48.6 Å². The van der Waals surface area contributed by atoms with Crippen LogP contribution in [0.15, 0.2) is 85.1 Å². The van der Waals surface area contributed by atoms with Crippen molar-refractivity contribution in [2.24, 2.45) is 11.7 Å². The quantitative estimate of drug-likeness (QED) is 0.106. The van der Waals surface area contributed by atoms with Gasteiger partial charge in [-0.1, -0.05) is 80.6 Å². The van der Waals surface area contributed by atoms with Crippen LogP contribution in [0.25, 0.3) is 5.57 Å². The van der Waals surface area contributed by atoms with Crippen molar-refractivity contribution < 1.29 is 48.6 Å². The number of hydrogen-bond donors (Lipinski definition) is 10. The molecule has 4 aromatic rings. The maximum absolute atomic E-state index is 14.8. The number of allylic oxidation sites excluding steroid dienone is 1. The lowest BCUT2D eigenvalue weighted by molar-refractivity contribution is -0.136. The van der Waals surface area contributed by atoms with Gasteiger partial charge in [-0.2, -0.15) is 0 Å². The fraction of sp³-hybridized carbons (Fsp3) is 0.423. The number of primary amides is 1. The number of hydrogen-bond acceptors (Lipinski definition) is 12. The number of carbonyl (C=O) groups excluding carboxylic acids is 8. The highest BCUT2D eigenvalue weighted by atomic mass is 16.3. The Hall–Kier alpha value is -8.10. The maximum Gasteiger partial charge on any atom is 0.243 e. The number of aromatic hydroxyl groups is 2. The van der Waals surface area contributed by atoms with Crippen LogP contribution in [-0.2, 0) is 70.6 Å². The van der Waals surface area contributed by atoms with Crippen molar-refractivity contribution in [1.82, 2.24) is 52.2 Å². The van der Waals surface area contributed by atoms with Crippen molar-refractivity contribution in [3.8, 4) is 11.5 Å². The number of nitrogens with zero attached hydrogens (tertiary/aromatic N) is 3. The fourth-order valence-corrected chi connectivity index (χ4v) is 8.57. The highest BCUT2D eigenvalue weighted by molar-refractivity contribution is 5.98. The third-order valence-corrected chi connectivity index (χ3v) is 12.8. The maximum atomic E-state index is 14.8. The predicted octanol–water partition coefficient (Wildman–Crippen LogP) is 0.896. The van der Waals surface area contributed by atoms with Gasteiger partial charge in [0.1, 0.15) is 53.8 Å². The summed E-state index contributed by atoms with van der Waals surface area (Å²) in [5.41, 5.74) is 9.85. The molecule has 0 radical (unpaired) electrons. The van der Waals surface area contributed by atoms with Crippen LogP contribution in [0.2, 0.25) is 0 Å². The summed E-state index contributed by atoms with van der Waals surface area (Å²) in [6, 6.07) is 10.7. The van der Waals surface area contributed by atoms with Gasteiger partial charge in [0.2, 0.25) is 47.3 Å². The number of nitrogens with one attached hydrogen (secondary N) is 7. The molecule has 6 rings (SSSR count). The first-order valence-electron chi connectivity index (χ1n) is 24.5. The molecule has 11 N–H and O–H groups in total. The molecular formula is C52H65N11O10. The second-order valence-corrected chi connectivity index (χ2v) is 18.8. The average Bonchev–Trinajstić information content (AvgIpc) is 4.00. The van der Waals surface area contributed by atoms with Gasteiger partial charge in [0.25, 0.3) is 0 Å². The van der Waals surface area contributed by atoms with E-state index in [0.717, 1.165) is 16.7 Å². The molecular weight excluding hydrogens is 939 g/mol. The lowest BCUT2D eigenvalue weighted by Gasteiger charge is -2.28. The minimum Gasteiger partial charge on any atom is -0.508 e. The number of phenols is 2. The third kappa shape index (κ3) is 15.4. The molecule has 388 valence electrons. The zero-order valence-electron chi connectivity index (χ0n) is 41.4. The van der Waals surface area contributed by atoms with E-state index >= 15 is 0 Å². The summed E-state index contributed by atoms with van der Waals surface area (Å²) in [5, 5.41) is 47.5. The second-order valence-electron chi connectivity index (χ2n) is 18.8. The predicted molar refractivity (Wildman–Crippen MR) is 267 cm³/mol. The van der Waals surface area contributed by atoms with Crippen molar-refractivity contribution >= 4 is 52.8 Å². The molecule has 7 atom stereocenters. The Morgan fingerprint density at radius 3 is 1.92 bits per heavy atom. The minimum atomic E-state index is -1.37. The number of amides is 8. The molecule has 0 unspecified atom stereocenters. The second kappa shape index (κ2) is 25.3. The molecule has 0 saturated carbocycles. The van der Waals surface area contributed by atoms with Gasteiger partial charge in [0.15, 0.2) is 0 Å². The number of aryl methyl sites for hydroxylation is 1. The van der Waals surface area contributed by atoms with Crippen molar-refractivity contribution in [1.29, 1.82) is 0 Å². The summed E-state index contributed by atoms with van der Waals surface area (Å²) in [5.74, 6) is -6.41. The van der Waals surface area contributed by atoms with E-state index in [-0.39, 0.29) is 50.0 Å². The summed E-state index contributed by atoms with van der Waals surface area (Å²) in [6.45, 7) is 6.67. The Morgan fingerprint density at radius 2 is 1.30 bits per heavy atom. The first-order valence-corrected chi connectivity index (χ1v) is 24.5. The molecule has 21 nitrogen and oxygen atoms in total. The van der Waals surface area contributed by atoms with Gasteiger partial charge in [0, 0.05) is 44.8 Å². The van der Waals surface area contributed by atoms with E-state index < -0.39 is 95.5 Å². The normalized spacial score (nSPS) is 23.0. The zero-order valence-corrected chi connectivity index (χ0v) is 41.4. The summed E-state index contributed by atoms with van der Waals surface area (Å²) in [7, 11) is 0. The Bertz CT molecular complexity index is 2670. The van der Waals surface area contributed by atoms with Crippen LogP contribution >= 0.6 is 0 Å². The van der Waals surface area contributed by atoms with Crippen molar-refractivity contribution in [3.05, 3.63) is 113 Å². The van der Waals surface area contributed by atoms with E-state index in [2.05, 4.69) is 47.5 Å². The molecule has 1 aliphatic heterocycles. The van der Waals surface area contributed by atoms with Crippen molar-refractivity contribution in [2.75, 3.05) is 0 Å². The first kappa shape index (κ1) is 54.2. The van der Waals surface area contributed by atoms with E-state index in [1.54, 1.807) is 51.2 Å². The van der Waals surface area contributed by atoms with Crippen LogP contribution in [-0.4, -0.2) is 115 Å². The van der Waals surface area contributed by atoms with E-state index in [0.29, 0.717) is 42.6 Å². The summed E-state index contributed by atoms with van der Waals surface area (Å²) in [4.78, 5) is 111. The minimum absolute atomic E-state index is 0.00271. The van der Waals surface area contributed by atoms with Crippen LogP contribution in [0.1, 0.15) is 87.7 Å². The van der Waals surface area contributed by atoms with Gasteiger partial charge in [-0.15, -0.1) is 5.10 Å². The average molecular weight is 1000 g/mol. The molecule has 0 fully saturated rings. The van der Waals surface area contributed by atoms with E-state index in [1.165, 1.54) is 35.9 Å². The monoisotopic (exact) mass is 1000 g/mol. The Labute approximate surface area is 422 Å². The van der Waals surface area contributed by atoms with Crippen molar-refractivity contribution in [3.63, 3.8) is 0 Å². The van der Waals surface area contributed by atoms with Crippen LogP contribution in [0, 0.1) is 5.92 Å². The van der Waals surface area contributed by atoms with Gasteiger partial charge >= 0.3 is 0 Å². The molecule has 2 aliphatic rings. The molecule has 1 aromatic heterocycles. The molecule has 0 saturated heterocycles. The molecule has 3 aromatic carbocycles. The first-order chi connectivity index (χ1) is 34.9. The van der Waals surface area contributed by atoms with Gasteiger partial charge in [-0.25, -0.2) is 0 Å². The fourth-order valence-electron chi connectivity index (χ4n) is 8.57. The molecule has 0 spiro atoms. The summed E-state index contributed by atoms with van der Waals surface area (Å²) >= 11 is 0. The van der Waals surface area contributed by atoms with Crippen LogP contribution in [0.4, 0.5) is 0 Å². The Balaban J connectivity index is 1.35. The number of carbonyl (C=O) groups is 8. The zero-order chi connectivity index (χ0) is 52.8. The SMILES string of the molecule is CCC(=O)N[C@H]1Cc2cn(nn2)CCCC[C@@H](C(N)=O)NC(=O)[C@@H](Cc2ccc(O)cc2)NC(=O)[C@@H](C)NC(=O)[C@@H](C(C)C)NC(=O)[C@@H](Cc2ccc(O)cc2)NC(=O)[C@@H](CC2=CCc3ccccc32)NC1=O. The highest BCUT2D eigenvalue weighted by Gasteiger charge is 2.35. The van der Waals surface area contributed by atoms with Crippen molar-refractivity contribution in [2.45, 2.75) is 134 Å². The van der Waals surface area contributed by atoms with Crippen LogP contribution in [0.5, 0.6) is 11.5 Å². The number of benzene rings is 3.